The molecule has 1 atom stereocenters. The summed E-state index contributed by atoms with van der Waals surface area (Å²) in [6.07, 6.45) is 3.70. The molecule has 0 bridgehead atoms. The second-order valence-electron chi connectivity index (χ2n) is 6.33. The van der Waals surface area contributed by atoms with Crippen molar-refractivity contribution in [2.24, 2.45) is 5.41 Å². The first-order valence-electron chi connectivity index (χ1n) is 7.69. The number of carbonyl (C=O) groups is 2. The molecule has 1 unspecified atom stereocenters. The van der Waals surface area contributed by atoms with E-state index >= 15 is 0 Å². The highest BCUT2D eigenvalue weighted by molar-refractivity contribution is 5.95. The number of aliphatic carboxylic acids is 1. The summed E-state index contributed by atoms with van der Waals surface area (Å²) < 4.78 is 5.07. The minimum atomic E-state index is -0.971. The third-order valence-electron chi connectivity index (χ3n) is 4.86. The van der Waals surface area contributed by atoms with E-state index in [1.54, 1.807) is 4.90 Å². The van der Waals surface area contributed by atoms with Crippen LogP contribution in [0.4, 0.5) is 0 Å². The van der Waals surface area contributed by atoms with Crippen LogP contribution in [0.25, 0.3) is 0 Å². The van der Waals surface area contributed by atoms with Gasteiger partial charge in [-0.15, -0.1) is 0 Å². The molecule has 1 aromatic carbocycles. The zero-order chi connectivity index (χ0) is 15.7. The molecule has 5 heteroatoms. The lowest BCUT2D eigenvalue weighted by atomic mass is 9.88. The number of rotatable bonds is 4. The highest BCUT2D eigenvalue weighted by Crippen LogP contribution is 2.32. The zero-order valence-corrected chi connectivity index (χ0v) is 12.8. The van der Waals surface area contributed by atoms with Crippen molar-refractivity contribution in [3.8, 4) is 0 Å². The van der Waals surface area contributed by atoms with Gasteiger partial charge in [-0.05, 0) is 48.9 Å². The molecule has 3 rings (SSSR count). The molecule has 0 spiro atoms. The van der Waals surface area contributed by atoms with Crippen LogP contribution in [0.15, 0.2) is 18.2 Å². The Hall–Kier alpha value is -1.88. The average molecular weight is 303 g/mol. The van der Waals surface area contributed by atoms with Gasteiger partial charge in [0.25, 0.3) is 5.91 Å². The Morgan fingerprint density at radius 2 is 2.09 bits per heavy atom. The summed E-state index contributed by atoms with van der Waals surface area (Å²) >= 11 is 0. The maximum atomic E-state index is 12.7. The summed E-state index contributed by atoms with van der Waals surface area (Å²) in [5.41, 5.74) is 2.28. The van der Waals surface area contributed by atoms with E-state index in [1.165, 1.54) is 18.2 Å². The highest BCUT2D eigenvalue weighted by atomic mass is 16.5. The fourth-order valence-electron chi connectivity index (χ4n) is 3.56. The number of amides is 1. The summed E-state index contributed by atoms with van der Waals surface area (Å²) in [7, 11) is 1.50. The topological polar surface area (TPSA) is 66.8 Å². The van der Waals surface area contributed by atoms with Crippen LogP contribution in [0.2, 0.25) is 0 Å². The van der Waals surface area contributed by atoms with Crippen LogP contribution in [0.1, 0.15) is 34.3 Å². The Bertz CT molecular complexity index is 613. The Kier molecular flexibility index (Phi) is 3.91. The van der Waals surface area contributed by atoms with Crippen LogP contribution < -0.4 is 0 Å². The van der Waals surface area contributed by atoms with Crippen molar-refractivity contribution in [2.75, 3.05) is 26.8 Å². The van der Waals surface area contributed by atoms with Gasteiger partial charge in [-0.2, -0.15) is 0 Å². The van der Waals surface area contributed by atoms with Gasteiger partial charge in [0.2, 0.25) is 0 Å². The van der Waals surface area contributed by atoms with Gasteiger partial charge in [0.05, 0.1) is 6.61 Å². The second-order valence-corrected chi connectivity index (χ2v) is 6.33. The van der Waals surface area contributed by atoms with Gasteiger partial charge in [-0.3, -0.25) is 9.59 Å². The largest absolute Gasteiger partial charge is 0.481 e. The first-order valence-corrected chi connectivity index (χ1v) is 7.69. The molecule has 1 heterocycles. The van der Waals surface area contributed by atoms with Crippen LogP contribution in [0, 0.1) is 5.41 Å². The lowest BCUT2D eigenvalue weighted by Gasteiger charge is -2.24. The Morgan fingerprint density at radius 3 is 2.82 bits per heavy atom. The van der Waals surface area contributed by atoms with E-state index in [2.05, 4.69) is 0 Å². The van der Waals surface area contributed by atoms with Crippen molar-refractivity contribution in [3.63, 3.8) is 0 Å². The number of hydrogen-bond donors (Lipinski definition) is 1. The van der Waals surface area contributed by atoms with Gasteiger partial charge in [0.1, 0.15) is 5.41 Å². The number of ether oxygens (including phenoxy) is 1. The Labute approximate surface area is 129 Å². The molecule has 0 aromatic heterocycles. The molecule has 1 fully saturated rings. The lowest BCUT2D eigenvalue weighted by molar-refractivity contribution is -0.151. The molecule has 22 heavy (non-hydrogen) atoms. The van der Waals surface area contributed by atoms with Gasteiger partial charge < -0.3 is 14.7 Å². The standard InChI is InChI=1S/C17H21NO4/c1-22-11-17(16(20)21)7-8-18(10-17)15(19)14-6-5-12-3-2-4-13(12)9-14/h5-6,9H,2-4,7-8,10-11H2,1H3,(H,20,21). The number of methoxy groups -OCH3 is 1. The quantitative estimate of drug-likeness (QED) is 0.920. The summed E-state index contributed by atoms with van der Waals surface area (Å²) in [6, 6.07) is 5.87. The minimum Gasteiger partial charge on any atom is -0.481 e. The van der Waals surface area contributed by atoms with Crippen molar-refractivity contribution < 1.29 is 19.4 Å². The zero-order valence-electron chi connectivity index (χ0n) is 12.8. The average Bonchev–Trinajstić information content (AvgIpc) is 3.13. The third-order valence-corrected chi connectivity index (χ3v) is 4.86. The molecule has 0 radical (unpaired) electrons. The van der Waals surface area contributed by atoms with Crippen LogP contribution in [-0.2, 0) is 22.4 Å². The van der Waals surface area contributed by atoms with Gasteiger partial charge >= 0.3 is 5.97 Å². The number of nitrogens with zero attached hydrogens (tertiary/aromatic N) is 1. The molecule has 2 aliphatic rings. The highest BCUT2D eigenvalue weighted by Gasteiger charge is 2.46. The van der Waals surface area contributed by atoms with E-state index in [0.29, 0.717) is 18.5 Å². The van der Waals surface area contributed by atoms with Crippen molar-refractivity contribution in [2.45, 2.75) is 25.7 Å². The predicted molar refractivity (Wildman–Crippen MR) is 80.9 cm³/mol. The van der Waals surface area contributed by atoms with Crippen LogP contribution in [0.3, 0.4) is 0 Å². The van der Waals surface area contributed by atoms with Crippen molar-refractivity contribution in [1.29, 1.82) is 0 Å². The molecular weight excluding hydrogens is 282 g/mol. The molecule has 1 amide bonds. The summed E-state index contributed by atoms with van der Waals surface area (Å²) in [6.45, 7) is 0.813. The van der Waals surface area contributed by atoms with Crippen LogP contribution in [-0.4, -0.2) is 48.7 Å². The minimum absolute atomic E-state index is 0.0751. The Balaban J connectivity index is 1.78. The maximum absolute atomic E-state index is 12.7. The SMILES string of the molecule is COCC1(C(=O)O)CCN(C(=O)c2ccc3c(c2)CCC3)C1. The van der Waals surface area contributed by atoms with Gasteiger partial charge in [0, 0.05) is 25.8 Å². The number of hydrogen-bond acceptors (Lipinski definition) is 3. The second kappa shape index (κ2) is 5.72. The predicted octanol–water partition coefficient (Wildman–Crippen LogP) is 1.74. The maximum Gasteiger partial charge on any atom is 0.313 e. The van der Waals surface area contributed by atoms with E-state index in [9.17, 15) is 14.7 Å². The van der Waals surface area contributed by atoms with E-state index in [4.69, 9.17) is 4.74 Å². The number of carboxylic acid groups (broad SMARTS) is 1. The van der Waals surface area contributed by atoms with Crippen LogP contribution >= 0.6 is 0 Å². The summed E-state index contributed by atoms with van der Waals surface area (Å²) in [5, 5.41) is 9.47. The first-order chi connectivity index (χ1) is 10.6. The molecule has 1 saturated heterocycles. The van der Waals surface area contributed by atoms with Gasteiger partial charge in [0.15, 0.2) is 0 Å². The summed E-state index contributed by atoms with van der Waals surface area (Å²) in [5.74, 6) is -0.965. The van der Waals surface area contributed by atoms with Crippen molar-refractivity contribution in [1.82, 2.24) is 4.90 Å². The van der Waals surface area contributed by atoms with E-state index in [1.807, 2.05) is 18.2 Å². The molecule has 0 saturated carbocycles. The van der Waals surface area contributed by atoms with Crippen molar-refractivity contribution >= 4 is 11.9 Å². The molecule has 1 N–H and O–H groups in total. The number of benzene rings is 1. The van der Waals surface area contributed by atoms with Gasteiger partial charge in [-0.25, -0.2) is 0 Å². The van der Waals surface area contributed by atoms with Gasteiger partial charge in [-0.1, -0.05) is 6.07 Å². The van der Waals surface area contributed by atoms with Crippen molar-refractivity contribution in [3.05, 3.63) is 34.9 Å². The summed E-state index contributed by atoms with van der Waals surface area (Å²) in [4.78, 5) is 25.8. The number of likely N-dealkylation sites (tertiary alicyclic amines) is 1. The molecule has 118 valence electrons. The first kappa shape index (κ1) is 15.0. The van der Waals surface area contributed by atoms with E-state index < -0.39 is 11.4 Å². The number of carboxylic acids is 1. The lowest BCUT2D eigenvalue weighted by Crippen LogP contribution is -2.40. The number of carbonyl (C=O) groups excluding carboxylic acids is 1. The third kappa shape index (κ3) is 2.50. The molecule has 1 aliphatic carbocycles. The Morgan fingerprint density at radius 1 is 1.32 bits per heavy atom. The number of aryl methyl sites for hydroxylation is 2. The normalized spacial score (nSPS) is 23.6. The monoisotopic (exact) mass is 303 g/mol. The smallest absolute Gasteiger partial charge is 0.313 e. The molecular formula is C17H21NO4. The molecule has 1 aliphatic heterocycles. The molecule has 5 nitrogen and oxygen atoms in total. The molecule has 1 aromatic rings. The van der Waals surface area contributed by atoms with E-state index in [0.717, 1.165) is 19.3 Å². The number of fused-ring (bicyclic) bond motifs is 1. The fraction of sp³-hybridized carbons (Fsp3) is 0.529. The fourth-order valence-corrected chi connectivity index (χ4v) is 3.56. The van der Waals surface area contributed by atoms with Crippen LogP contribution in [0.5, 0.6) is 0 Å². The van der Waals surface area contributed by atoms with E-state index in [-0.39, 0.29) is 19.1 Å².